The Morgan fingerprint density at radius 2 is 2.05 bits per heavy atom. The molecule has 0 amide bonds. The van der Waals surface area contributed by atoms with Crippen molar-refractivity contribution in [1.82, 2.24) is 9.21 Å². The van der Waals surface area contributed by atoms with Gasteiger partial charge in [0.15, 0.2) is 0 Å². The van der Waals surface area contributed by atoms with Crippen molar-refractivity contribution < 1.29 is 12.8 Å². The Morgan fingerprint density at radius 1 is 1.29 bits per heavy atom. The third-order valence-electron chi connectivity index (χ3n) is 4.09. The van der Waals surface area contributed by atoms with Crippen LogP contribution in [0.5, 0.6) is 0 Å². The molecule has 1 atom stereocenters. The number of sulfonamides is 1. The van der Waals surface area contributed by atoms with Crippen LogP contribution in [0.3, 0.4) is 0 Å². The van der Waals surface area contributed by atoms with E-state index in [2.05, 4.69) is 4.90 Å². The molecular formula is C15H20N2O3S. The molecule has 6 heteroatoms. The van der Waals surface area contributed by atoms with Gasteiger partial charge in [0, 0.05) is 30.6 Å². The van der Waals surface area contributed by atoms with Crippen LogP contribution in [-0.2, 0) is 10.0 Å². The number of piperidine rings is 1. The van der Waals surface area contributed by atoms with Gasteiger partial charge < -0.3 is 9.32 Å². The highest BCUT2D eigenvalue weighted by atomic mass is 32.2. The zero-order valence-electron chi connectivity index (χ0n) is 12.3. The van der Waals surface area contributed by atoms with Gasteiger partial charge in [-0.05, 0) is 33.0 Å². The zero-order chi connectivity index (χ0) is 15.0. The number of nitrogens with zero attached hydrogens (tertiary/aromatic N) is 2. The van der Waals surface area contributed by atoms with Gasteiger partial charge in [0.05, 0.1) is 0 Å². The van der Waals surface area contributed by atoms with Crippen molar-refractivity contribution in [2.75, 3.05) is 27.2 Å². The lowest BCUT2D eigenvalue weighted by Crippen LogP contribution is -2.47. The number of benzene rings is 1. The molecule has 1 unspecified atom stereocenters. The van der Waals surface area contributed by atoms with E-state index in [9.17, 15) is 8.42 Å². The summed E-state index contributed by atoms with van der Waals surface area (Å²) in [4.78, 5) is 2.08. The number of para-hydroxylation sites is 1. The summed E-state index contributed by atoms with van der Waals surface area (Å²) in [6, 6.07) is 9.23. The molecule has 21 heavy (non-hydrogen) atoms. The van der Waals surface area contributed by atoms with Crippen LogP contribution in [0.15, 0.2) is 39.8 Å². The van der Waals surface area contributed by atoms with Crippen LogP contribution in [-0.4, -0.2) is 50.8 Å². The van der Waals surface area contributed by atoms with Crippen molar-refractivity contribution >= 4 is 21.0 Å². The van der Waals surface area contributed by atoms with Gasteiger partial charge >= 0.3 is 0 Å². The fourth-order valence-electron chi connectivity index (χ4n) is 2.77. The van der Waals surface area contributed by atoms with E-state index in [4.69, 9.17) is 4.42 Å². The minimum absolute atomic E-state index is 0.0445. The average molecular weight is 308 g/mol. The summed E-state index contributed by atoms with van der Waals surface area (Å²) in [5, 5.41) is 0.861. The van der Waals surface area contributed by atoms with Crippen LogP contribution >= 0.6 is 0 Å². The van der Waals surface area contributed by atoms with Gasteiger partial charge in [0.25, 0.3) is 10.0 Å². The summed E-state index contributed by atoms with van der Waals surface area (Å²) < 4.78 is 32.6. The van der Waals surface area contributed by atoms with Crippen LogP contribution < -0.4 is 0 Å². The summed E-state index contributed by atoms with van der Waals surface area (Å²) in [5.41, 5.74) is 0.609. The maximum absolute atomic E-state index is 12.7. The first-order valence-electron chi connectivity index (χ1n) is 7.13. The Hall–Kier alpha value is -1.37. The minimum atomic E-state index is -3.55. The third kappa shape index (κ3) is 2.71. The first-order valence-corrected chi connectivity index (χ1v) is 8.57. The van der Waals surface area contributed by atoms with Crippen molar-refractivity contribution in [2.45, 2.75) is 24.0 Å². The molecule has 1 aliphatic heterocycles. The Labute approximate surface area is 125 Å². The second-order valence-electron chi connectivity index (χ2n) is 5.73. The molecule has 0 aliphatic carbocycles. The number of rotatable bonds is 3. The van der Waals surface area contributed by atoms with Gasteiger partial charge in [0.1, 0.15) is 5.58 Å². The standard InChI is InChI=1S/C15H20N2O3S/c1-16(2)13-7-5-9-17(11-13)21(18,19)15-10-12-6-3-4-8-14(12)20-15/h3-4,6,8,10,13H,5,7,9,11H2,1-2H3. The first kappa shape index (κ1) is 14.6. The van der Waals surface area contributed by atoms with E-state index < -0.39 is 10.0 Å². The molecular weight excluding hydrogens is 288 g/mol. The number of fused-ring (bicyclic) bond motifs is 1. The highest BCUT2D eigenvalue weighted by Crippen LogP contribution is 2.27. The molecule has 1 aromatic carbocycles. The van der Waals surface area contributed by atoms with Crippen molar-refractivity contribution in [1.29, 1.82) is 0 Å². The van der Waals surface area contributed by atoms with E-state index in [0.29, 0.717) is 18.7 Å². The predicted molar refractivity (Wildman–Crippen MR) is 81.7 cm³/mol. The summed E-state index contributed by atoms with van der Waals surface area (Å²) in [6.45, 7) is 1.08. The maximum Gasteiger partial charge on any atom is 0.276 e. The van der Waals surface area contributed by atoms with Crippen LogP contribution in [0.25, 0.3) is 11.0 Å². The monoisotopic (exact) mass is 308 g/mol. The van der Waals surface area contributed by atoms with E-state index in [1.165, 1.54) is 0 Å². The molecule has 1 fully saturated rings. The Balaban J connectivity index is 1.92. The van der Waals surface area contributed by atoms with Crippen molar-refractivity contribution in [3.05, 3.63) is 30.3 Å². The predicted octanol–water partition coefficient (Wildman–Crippen LogP) is 2.15. The van der Waals surface area contributed by atoms with Crippen LogP contribution in [0.4, 0.5) is 0 Å². The van der Waals surface area contributed by atoms with Crippen molar-refractivity contribution in [2.24, 2.45) is 0 Å². The molecule has 0 N–H and O–H groups in total. The van der Waals surface area contributed by atoms with Crippen LogP contribution in [0, 0.1) is 0 Å². The van der Waals surface area contributed by atoms with E-state index in [0.717, 1.165) is 18.2 Å². The molecule has 0 spiro atoms. The van der Waals surface area contributed by atoms with Gasteiger partial charge in [-0.3, -0.25) is 0 Å². The first-order chi connectivity index (χ1) is 9.98. The Morgan fingerprint density at radius 3 is 2.76 bits per heavy atom. The van der Waals surface area contributed by atoms with Crippen LogP contribution in [0.2, 0.25) is 0 Å². The number of likely N-dealkylation sites (N-methyl/N-ethyl adjacent to an activating group) is 1. The molecule has 1 saturated heterocycles. The summed E-state index contributed by atoms with van der Waals surface area (Å²) >= 11 is 0. The molecule has 1 aromatic heterocycles. The summed E-state index contributed by atoms with van der Waals surface area (Å²) in [5.74, 6) is 0. The number of furan rings is 1. The van der Waals surface area contributed by atoms with Crippen molar-refractivity contribution in [3.63, 3.8) is 0 Å². The van der Waals surface area contributed by atoms with Gasteiger partial charge in [-0.15, -0.1) is 0 Å². The largest absolute Gasteiger partial charge is 0.443 e. The molecule has 3 rings (SSSR count). The topological polar surface area (TPSA) is 53.8 Å². The second-order valence-corrected chi connectivity index (χ2v) is 7.59. The molecule has 2 heterocycles. The zero-order valence-corrected chi connectivity index (χ0v) is 13.1. The quantitative estimate of drug-likeness (QED) is 0.872. The highest BCUT2D eigenvalue weighted by molar-refractivity contribution is 7.89. The lowest BCUT2D eigenvalue weighted by molar-refractivity contribution is 0.188. The van der Waals surface area contributed by atoms with Crippen LogP contribution in [0.1, 0.15) is 12.8 Å². The molecule has 1 aliphatic rings. The van der Waals surface area contributed by atoms with E-state index in [1.54, 1.807) is 16.4 Å². The fraction of sp³-hybridized carbons (Fsp3) is 0.467. The molecule has 0 saturated carbocycles. The lowest BCUT2D eigenvalue weighted by atomic mass is 10.1. The van der Waals surface area contributed by atoms with E-state index >= 15 is 0 Å². The Bertz CT molecular complexity index is 703. The SMILES string of the molecule is CN(C)C1CCCN(S(=O)(=O)c2cc3ccccc3o2)C1. The lowest BCUT2D eigenvalue weighted by Gasteiger charge is -2.34. The minimum Gasteiger partial charge on any atom is -0.443 e. The molecule has 0 bridgehead atoms. The highest BCUT2D eigenvalue weighted by Gasteiger charge is 2.33. The number of hydrogen-bond acceptors (Lipinski definition) is 4. The summed E-state index contributed by atoms with van der Waals surface area (Å²) in [6.07, 6.45) is 1.90. The summed E-state index contributed by atoms with van der Waals surface area (Å²) in [7, 11) is 0.426. The van der Waals surface area contributed by atoms with Gasteiger partial charge in [-0.2, -0.15) is 4.31 Å². The average Bonchev–Trinajstić information content (AvgIpc) is 2.92. The maximum atomic E-state index is 12.7. The third-order valence-corrected chi connectivity index (χ3v) is 5.81. The smallest absolute Gasteiger partial charge is 0.276 e. The normalized spacial score (nSPS) is 21.2. The second kappa shape index (κ2) is 5.44. The molecule has 0 radical (unpaired) electrons. The number of hydrogen-bond donors (Lipinski definition) is 0. The van der Waals surface area contributed by atoms with E-state index in [-0.39, 0.29) is 11.1 Å². The molecule has 5 nitrogen and oxygen atoms in total. The van der Waals surface area contributed by atoms with Gasteiger partial charge in [0.2, 0.25) is 5.09 Å². The van der Waals surface area contributed by atoms with E-state index in [1.807, 2.05) is 32.3 Å². The molecule has 2 aromatic rings. The van der Waals surface area contributed by atoms with Gasteiger partial charge in [-0.1, -0.05) is 18.2 Å². The fourth-order valence-corrected chi connectivity index (χ4v) is 4.24. The Kier molecular flexibility index (Phi) is 3.77. The van der Waals surface area contributed by atoms with Gasteiger partial charge in [-0.25, -0.2) is 8.42 Å². The molecule has 114 valence electrons. The van der Waals surface area contributed by atoms with Crippen molar-refractivity contribution in [3.8, 4) is 0 Å².